The van der Waals surface area contributed by atoms with Gasteiger partial charge >= 0.3 is 0 Å². The van der Waals surface area contributed by atoms with E-state index in [2.05, 4.69) is 5.32 Å². The Hall–Kier alpha value is -0.130. The summed E-state index contributed by atoms with van der Waals surface area (Å²) in [5.41, 5.74) is 0. The average Bonchev–Trinajstić information content (AvgIpc) is 2.36. The predicted molar refractivity (Wildman–Crippen MR) is 76.2 cm³/mol. The molecule has 0 aromatic carbocycles. The first kappa shape index (κ1) is 15.9. The molecule has 1 N–H and O–H groups in total. The number of unbranched alkanes of at least 4 members (excludes halogenated alkanes) is 1. The molecule has 0 bridgehead atoms. The van der Waals surface area contributed by atoms with E-state index < -0.39 is 10.0 Å². The summed E-state index contributed by atoms with van der Waals surface area (Å²) in [6.45, 7) is 1.61. The zero-order chi connectivity index (χ0) is 13.4. The van der Waals surface area contributed by atoms with Crippen molar-refractivity contribution in [3.8, 4) is 0 Å². The molecule has 0 aromatic heterocycles. The molecule has 0 atom stereocenters. The number of sulfonamides is 1. The summed E-state index contributed by atoms with van der Waals surface area (Å²) in [7, 11) is 0.596. The largest absolute Gasteiger partial charge is 0.320 e. The van der Waals surface area contributed by atoms with Gasteiger partial charge in [-0.1, -0.05) is 19.3 Å². The molecule has 4 nitrogen and oxygen atoms in total. The van der Waals surface area contributed by atoms with Crippen LogP contribution in [0.5, 0.6) is 0 Å². The summed E-state index contributed by atoms with van der Waals surface area (Å²) in [4.78, 5) is 0. The van der Waals surface area contributed by atoms with Gasteiger partial charge < -0.3 is 5.32 Å². The van der Waals surface area contributed by atoms with E-state index in [1.165, 1.54) is 32.1 Å². The average molecular weight is 276 g/mol. The highest BCUT2D eigenvalue weighted by Crippen LogP contribution is 2.24. The molecule has 1 saturated carbocycles. The summed E-state index contributed by atoms with van der Waals surface area (Å²) in [5.74, 6) is 0.869. The molecule has 0 heterocycles. The molecule has 0 aromatic rings. The smallest absolute Gasteiger partial charge is 0.213 e. The lowest BCUT2D eigenvalue weighted by Gasteiger charge is -2.26. The highest BCUT2D eigenvalue weighted by atomic mass is 32.2. The molecule has 1 rings (SSSR count). The van der Waals surface area contributed by atoms with Gasteiger partial charge in [-0.2, -0.15) is 0 Å². The third-order valence-electron chi connectivity index (χ3n) is 3.79. The fourth-order valence-electron chi connectivity index (χ4n) is 2.59. The van der Waals surface area contributed by atoms with Gasteiger partial charge in [0.1, 0.15) is 0 Å². The van der Waals surface area contributed by atoms with E-state index in [4.69, 9.17) is 0 Å². The summed E-state index contributed by atoms with van der Waals surface area (Å²) in [5, 5.41) is 3.04. The van der Waals surface area contributed by atoms with Crippen LogP contribution in [0.25, 0.3) is 0 Å². The third kappa shape index (κ3) is 5.67. The first-order valence-corrected chi connectivity index (χ1v) is 8.76. The normalized spacial score (nSPS) is 18.4. The van der Waals surface area contributed by atoms with Crippen molar-refractivity contribution >= 4 is 10.0 Å². The monoisotopic (exact) mass is 276 g/mol. The molecule has 108 valence electrons. The lowest BCUT2D eigenvalue weighted by Crippen LogP contribution is -2.34. The molecule has 0 aliphatic heterocycles. The molecule has 0 amide bonds. The Kier molecular flexibility index (Phi) is 7.19. The zero-order valence-corrected chi connectivity index (χ0v) is 12.6. The van der Waals surface area contributed by atoms with Crippen molar-refractivity contribution in [3.05, 3.63) is 0 Å². The van der Waals surface area contributed by atoms with Gasteiger partial charge in [0.05, 0.1) is 5.75 Å². The van der Waals surface area contributed by atoms with E-state index in [0.29, 0.717) is 12.5 Å². The highest BCUT2D eigenvalue weighted by molar-refractivity contribution is 7.89. The van der Waals surface area contributed by atoms with Gasteiger partial charge in [0.15, 0.2) is 0 Å². The van der Waals surface area contributed by atoms with Gasteiger partial charge in [-0.3, -0.25) is 0 Å². The molecule has 0 radical (unpaired) electrons. The van der Waals surface area contributed by atoms with Crippen molar-refractivity contribution < 1.29 is 8.42 Å². The molecule has 18 heavy (non-hydrogen) atoms. The van der Waals surface area contributed by atoms with E-state index >= 15 is 0 Å². The molecule has 5 heteroatoms. The minimum Gasteiger partial charge on any atom is -0.320 e. The first-order valence-electron chi connectivity index (χ1n) is 7.15. The van der Waals surface area contributed by atoms with Crippen LogP contribution in [0.1, 0.15) is 44.9 Å². The van der Waals surface area contributed by atoms with Gasteiger partial charge in [-0.25, -0.2) is 12.7 Å². The van der Waals surface area contributed by atoms with Crippen LogP contribution >= 0.6 is 0 Å². The maximum Gasteiger partial charge on any atom is 0.213 e. The van der Waals surface area contributed by atoms with Crippen LogP contribution in [0.2, 0.25) is 0 Å². The number of rotatable bonds is 8. The molecule has 0 saturated heterocycles. The molecule has 0 unspecified atom stereocenters. The minimum atomic E-state index is -3.03. The van der Waals surface area contributed by atoms with E-state index in [0.717, 1.165) is 19.4 Å². The summed E-state index contributed by atoms with van der Waals surface area (Å²) in [6, 6.07) is 0. The Morgan fingerprint density at radius 1 is 1.17 bits per heavy atom. The number of nitrogens with zero attached hydrogens (tertiary/aromatic N) is 1. The number of nitrogens with one attached hydrogen (secondary N) is 1. The summed E-state index contributed by atoms with van der Waals surface area (Å²) >= 11 is 0. The molecule has 1 aliphatic carbocycles. The Bertz CT molecular complexity index is 311. The number of hydrogen-bond donors (Lipinski definition) is 1. The zero-order valence-electron chi connectivity index (χ0n) is 11.8. The van der Waals surface area contributed by atoms with Crippen molar-refractivity contribution in [2.45, 2.75) is 44.9 Å². The fraction of sp³-hybridized carbons (Fsp3) is 1.00. The van der Waals surface area contributed by atoms with E-state index in [-0.39, 0.29) is 5.75 Å². The predicted octanol–water partition coefficient (Wildman–Crippen LogP) is 1.83. The van der Waals surface area contributed by atoms with Crippen LogP contribution in [0, 0.1) is 5.92 Å². The van der Waals surface area contributed by atoms with Crippen LogP contribution in [-0.4, -0.2) is 45.7 Å². The minimum absolute atomic E-state index is 0.290. The van der Waals surface area contributed by atoms with Gasteiger partial charge in [0.25, 0.3) is 0 Å². The van der Waals surface area contributed by atoms with Gasteiger partial charge in [0.2, 0.25) is 10.0 Å². The molecular formula is C13H28N2O2S. The second-order valence-corrected chi connectivity index (χ2v) is 7.61. The maximum absolute atomic E-state index is 12.1. The topological polar surface area (TPSA) is 49.4 Å². The second-order valence-electron chi connectivity index (χ2n) is 5.41. The Morgan fingerprint density at radius 3 is 2.44 bits per heavy atom. The van der Waals surface area contributed by atoms with Crippen LogP contribution in [0.15, 0.2) is 0 Å². The lowest BCUT2D eigenvalue weighted by atomic mass is 9.89. The van der Waals surface area contributed by atoms with Crippen LogP contribution < -0.4 is 5.32 Å². The molecule has 0 spiro atoms. The van der Waals surface area contributed by atoms with Crippen molar-refractivity contribution in [3.63, 3.8) is 0 Å². The SMILES string of the molecule is CNCCCCS(=O)(=O)N(C)CC1CCCCC1. The Labute approximate surface area is 112 Å². The second kappa shape index (κ2) is 8.12. The molecular weight excluding hydrogens is 248 g/mol. The lowest BCUT2D eigenvalue weighted by molar-refractivity contribution is 0.300. The quantitative estimate of drug-likeness (QED) is 0.688. The van der Waals surface area contributed by atoms with E-state index in [9.17, 15) is 8.42 Å². The van der Waals surface area contributed by atoms with Crippen LogP contribution in [0.3, 0.4) is 0 Å². The highest BCUT2D eigenvalue weighted by Gasteiger charge is 2.22. The summed E-state index contributed by atoms with van der Waals surface area (Å²) < 4.78 is 25.7. The van der Waals surface area contributed by atoms with E-state index in [1.807, 2.05) is 7.05 Å². The maximum atomic E-state index is 12.1. The van der Waals surface area contributed by atoms with Gasteiger partial charge in [-0.05, 0) is 45.2 Å². The standard InChI is InChI=1S/C13H28N2O2S/c1-14-10-6-7-11-18(16,17)15(2)12-13-8-4-3-5-9-13/h13-14H,3-12H2,1-2H3. The summed E-state index contributed by atoms with van der Waals surface area (Å²) in [6.07, 6.45) is 7.91. The van der Waals surface area contributed by atoms with Crippen LogP contribution in [0.4, 0.5) is 0 Å². The van der Waals surface area contributed by atoms with Crippen LogP contribution in [-0.2, 0) is 10.0 Å². The molecule has 1 fully saturated rings. The fourth-order valence-corrected chi connectivity index (χ4v) is 3.91. The van der Waals surface area contributed by atoms with E-state index in [1.54, 1.807) is 11.4 Å². The van der Waals surface area contributed by atoms with Crippen molar-refractivity contribution in [2.75, 3.05) is 32.9 Å². The van der Waals surface area contributed by atoms with Crippen molar-refractivity contribution in [1.29, 1.82) is 0 Å². The van der Waals surface area contributed by atoms with Crippen molar-refractivity contribution in [1.82, 2.24) is 9.62 Å². The van der Waals surface area contributed by atoms with Gasteiger partial charge in [-0.15, -0.1) is 0 Å². The van der Waals surface area contributed by atoms with Crippen molar-refractivity contribution in [2.24, 2.45) is 5.92 Å². The first-order chi connectivity index (χ1) is 8.56. The Morgan fingerprint density at radius 2 is 1.83 bits per heavy atom. The Balaban J connectivity index is 2.31. The third-order valence-corrected chi connectivity index (χ3v) is 5.70. The molecule has 1 aliphatic rings. The van der Waals surface area contributed by atoms with Gasteiger partial charge in [0, 0.05) is 13.6 Å². The number of hydrogen-bond acceptors (Lipinski definition) is 3.